The molecular formula is C46H84. The lowest BCUT2D eigenvalue weighted by Crippen LogP contribution is -2.26. The van der Waals surface area contributed by atoms with E-state index in [4.69, 9.17) is 0 Å². The van der Waals surface area contributed by atoms with Crippen LogP contribution in [0.3, 0.4) is 0 Å². The van der Waals surface area contributed by atoms with Crippen molar-refractivity contribution in [3.8, 4) is 0 Å². The number of hydrogen-bond donors (Lipinski definition) is 0. The fourth-order valence-corrected chi connectivity index (χ4v) is 11.6. The maximum atomic E-state index is 2.61. The zero-order valence-electron chi connectivity index (χ0n) is 33.1. The summed E-state index contributed by atoms with van der Waals surface area (Å²) in [4.78, 5) is 0. The van der Waals surface area contributed by atoms with Crippen LogP contribution in [0.1, 0.15) is 185 Å². The molecule has 18 unspecified atom stereocenters. The normalized spacial score (nSPS) is 39.8. The molecule has 0 spiro atoms. The Hall–Kier alpha value is 0. The van der Waals surface area contributed by atoms with Gasteiger partial charge in [-0.05, 0) is 158 Å². The van der Waals surface area contributed by atoms with Crippen molar-refractivity contribution in [1.82, 2.24) is 0 Å². The summed E-state index contributed by atoms with van der Waals surface area (Å²) < 4.78 is 0. The Bertz CT molecular complexity index is 888. The van der Waals surface area contributed by atoms with E-state index < -0.39 is 0 Å². The molecule has 0 aromatic rings. The van der Waals surface area contributed by atoms with Crippen LogP contribution in [0.2, 0.25) is 0 Å². The minimum Gasteiger partial charge on any atom is -0.0651 e. The van der Waals surface area contributed by atoms with Gasteiger partial charge in [-0.15, -0.1) is 0 Å². The van der Waals surface area contributed by atoms with Crippen LogP contribution in [0.5, 0.6) is 0 Å². The molecule has 0 saturated heterocycles. The van der Waals surface area contributed by atoms with Crippen molar-refractivity contribution in [2.75, 3.05) is 0 Å². The smallest absolute Gasteiger partial charge is 0.0349 e. The van der Waals surface area contributed by atoms with Crippen molar-refractivity contribution >= 4 is 0 Å². The standard InChI is InChI=1S/C46H84/c1-11-29(2)12-16-34(7)42-25-38(42)22-30(3)13-17-35(8)43-26-39(43)23-31(4)14-18-36(9)44-27-40(44)24-32(5)15-19-37(10)45-28-46(45)41-21-20-33(41)6/h29-46H,11-28H2,1-10H3. The van der Waals surface area contributed by atoms with Gasteiger partial charge in [-0.25, -0.2) is 0 Å². The molecule has 5 rings (SSSR count). The SMILES string of the molecule is CCC(C)CCC(C)C1CC1CC(C)CCC(C)C1CC1CC(C)CCC(C)C1CC1CC(C)CCC(C)C1CC1C1CCC1C. The number of hydrogen-bond acceptors (Lipinski definition) is 0. The molecular weight excluding hydrogens is 553 g/mol. The Morgan fingerprint density at radius 3 is 1.11 bits per heavy atom. The molecule has 268 valence electrons. The summed E-state index contributed by atoms with van der Waals surface area (Å²) in [6.45, 7) is 25.4. The predicted molar refractivity (Wildman–Crippen MR) is 203 cm³/mol. The first-order valence-electron chi connectivity index (χ1n) is 21.9. The Labute approximate surface area is 290 Å². The van der Waals surface area contributed by atoms with Crippen LogP contribution in [0.4, 0.5) is 0 Å². The van der Waals surface area contributed by atoms with Crippen LogP contribution in [-0.2, 0) is 0 Å². The second kappa shape index (κ2) is 16.8. The highest BCUT2D eigenvalue weighted by atomic mass is 14.5. The van der Waals surface area contributed by atoms with E-state index in [-0.39, 0.29) is 0 Å². The van der Waals surface area contributed by atoms with Gasteiger partial charge < -0.3 is 0 Å². The van der Waals surface area contributed by atoms with Crippen molar-refractivity contribution < 1.29 is 0 Å². The maximum Gasteiger partial charge on any atom is -0.0349 e. The van der Waals surface area contributed by atoms with Gasteiger partial charge in [0.2, 0.25) is 0 Å². The van der Waals surface area contributed by atoms with Gasteiger partial charge in [0.1, 0.15) is 0 Å². The molecule has 5 fully saturated rings. The first kappa shape index (κ1) is 37.3. The summed E-state index contributed by atoms with van der Waals surface area (Å²) >= 11 is 0. The molecule has 18 atom stereocenters. The lowest BCUT2D eigenvalue weighted by atomic mass is 9.71. The molecule has 0 nitrogen and oxygen atoms in total. The topological polar surface area (TPSA) is 0 Å². The van der Waals surface area contributed by atoms with Crippen molar-refractivity contribution in [3.05, 3.63) is 0 Å². The van der Waals surface area contributed by atoms with Crippen LogP contribution < -0.4 is 0 Å². The van der Waals surface area contributed by atoms with E-state index in [0.29, 0.717) is 0 Å². The Kier molecular flexibility index (Phi) is 13.6. The second-order valence-corrected chi connectivity index (χ2v) is 20.5. The van der Waals surface area contributed by atoms with Crippen LogP contribution in [0.25, 0.3) is 0 Å². The highest BCUT2D eigenvalue weighted by Gasteiger charge is 2.49. The van der Waals surface area contributed by atoms with Crippen molar-refractivity contribution in [3.63, 3.8) is 0 Å². The molecule has 5 aliphatic carbocycles. The lowest BCUT2D eigenvalue weighted by molar-refractivity contribution is 0.153. The summed E-state index contributed by atoms with van der Waals surface area (Å²) in [7, 11) is 0. The van der Waals surface area contributed by atoms with Crippen molar-refractivity contribution in [2.45, 2.75) is 185 Å². The van der Waals surface area contributed by atoms with E-state index >= 15 is 0 Å². The average Bonchev–Trinajstić information content (AvgIpc) is 3.81. The Morgan fingerprint density at radius 2 is 0.783 bits per heavy atom. The zero-order chi connectivity index (χ0) is 33.1. The molecule has 0 aliphatic heterocycles. The first-order chi connectivity index (χ1) is 21.9. The molecule has 0 bridgehead atoms. The van der Waals surface area contributed by atoms with E-state index in [1.165, 1.54) is 83.5 Å². The van der Waals surface area contributed by atoms with Crippen LogP contribution >= 0.6 is 0 Å². The van der Waals surface area contributed by atoms with Gasteiger partial charge >= 0.3 is 0 Å². The molecule has 0 radical (unpaired) electrons. The fraction of sp³-hybridized carbons (Fsp3) is 1.00. The summed E-state index contributed by atoms with van der Waals surface area (Å²) in [5, 5.41) is 0. The molecule has 0 amide bonds. The number of rotatable bonds is 24. The van der Waals surface area contributed by atoms with Crippen LogP contribution in [0.15, 0.2) is 0 Å². The molecule has 0 heterocycles. The molecule has 0 aromatic heterocycles. The molecule has 0 N–H and O–H groups in total. The third kappa shape index (κ3) is 10.7. The van der Waals surface area contributed by atoms with Gasteiger partial charge in [-0.3, -0.25) is 0 Å². The van der Waals surface area contributed by atoms with Gasteiger partial charge in [0.05, 0.1) is 0 Å². The summed E-state index contributed by atoms with van der Waals surface area (Å²) in [5.41, 5.74) is 0. The third-order valence-corrected chi connectivity index (χ3v) is 16.3. The Morgan fingerprint density at radius 1 is 0.413 bits per heavy atom. The van der Waals surface area contributed by atoms with Crippen LogP contribution in [0, 0.1) is 107 Å². The summed E-state index contributed by atoms with van der Waals surface area (Å²) in [6.07, 6.45) is 27.1. The van der Waals surface area contributed by atoms with Gasteiger partial charge in [0, 0.05) is 0 Å². The minimum atomic E-state index is 0.927. The van der Waals surface area contributed by atoms with E-state index in [1.807, 2.05) is 0 Å². The molecule has 0 heteroatoms. The molecule has 46 heavy (non-hydrogen) atoms. The lowest BCUT2D eigenvalue weighted by Gasteiger charge is -2.35. The van der Waals surface area contributed by atoms with Crippen LogP contribution in [-0.4, -0.2) is 0 Å². The molecule has 5 aliphatic rings. The zero-order valence-corrected chi connectivity index (χ0v) is 33.1. The monoisotopic (exact) mass is 637 g/mol. The highest BCUT2D eigenvalue weighted by molar-refractivity contribution is 4.99. The predicted octanol–water partition coefficient (Wildman–Crippen LogP) is 14.4. The first-order valence-corrected chi connectivity index (χ1v) is 21.9. The van der Waals surface area contributed by atoms with E-state index in [0.717, 1.165) is 107 Å². The second-order valence-electron chi connectivity index (χ2n) is 20.5. The van der Waals surface area contributed by atoms with Crippen molar-refractivity contribution in [1.29, 1.82) is 0 Å². The fourth-order valence-electron chi connectivity index (χ4n) is 11.6. The molecule has 5 saturated carbocycles. The third-order valence-electron chi connectivity index (χ3n) is 16.3. The summed E-state index contributed by atoms with van der Waals surface area (Å²) in [5.74, 6) is 18.4. The van der Waals surface area contributed by atoms with E-state index in [9.17, 15) is 0 Å². The highest BCUT2D eigenvalue weighted by Crippen LogP contribution is 2.58. The van der Waals surface area contributed by atoms with Gasteiger partial charge in [0.25, 0.3) is 0 Å². The minimum absolute atomic E-state index is 0.927. The van der Waals surface area contributed by atoms with E-state index in [2.05, 4.69) is 69.2 Å². The summed E-state index contributed by atoms with van der Waals surface area (Å²) in [6, 6.07) is 0. The molecule has 0 aromatic carbocycles. The largest absolute Gasteiger partial charge is 0.0651 e. The Balaban J connectivity index is 0.862. The van der Waals surface area contributed by atoms with Gasteiger partial charge in [-0.1, -0.05) is 133 Å². The average molecular weight is 637 g/mol. The van der Waals surface area contributed by atoms with E-state index in [1.54, 1.807) is 32.1 Å². The quantitative estimate of drug-likeness (QED) is 0.0988. The van der Waals surface area contributed by atoms with Gasteiger partial charge in [0.15, 0.2) is 0 Å². The van der Waals surface area contributed by atoms with Gasteiger partial charge in [-0.2, -0.15) is 0 Å². The van der Waals surface area contributed by atoms with Crippen molar-refractivity contribution in [2.24, 2.45) is 107 Å². The maximum absolute atomic E-state index is 2.61.